The van der Waals surface area contributed by atoms with Gasteiger partial charge in [-0.3, -0.25) is 4.79 Å². The fourth-order valence-corrected chi connectivity index (χ4v) is 7.02. The molecule has 0 spiro atoms. The monoisotopic (exact) mass is 470 g/mol. The van der Waals surface area contributed by atoms with Crippen molar-refractivity contribution >= 4 is 27.3 Å². The molecule has 2 heterocycles. The largest absolute Gasteiger partial charge is 0.480 e. The fourth-order valence-electron chi connectivity index (χ4n) is 4.34. The van der Waals surface area contributed by atoms with Gasteiger partial charge in [0.05, 0.1) is 4.88 Å². The highest BCUT2D eigenvalue weighted by molar-refractivity contribution is 7.91. The fraction of sp³-hybridized carbons (Fsp3) is 0.263. The van der Waals surface area contributed by atoms with Gasteiger partial charge in [0, 0.05) is 17.9 Å². The molecule has 0 radical (unpaired) electrons. The number of halogens is 3. The molecule has 12 heteroatoms. The van der Waals surface area contributed by atoms with Crippen LogP contribution in [0.3, 0.4) is 0 Å². The maximum Gasteiger partial charge on any atom is 0.452 e. The Bertz CT molecular complexity index is 1310. The highest BCUT2D eigenvalue weighted by atomic mass is 32.2. The first-order valence-electron chi connectivity index (χ1n) is 9.03. The zero-order valence-corrected chi connectivity index (χ0v) is 17.0. The standard InChI is InChI=1S/C19H13F3N2O5S2/c20-19(21,22)14-8-12(23-29-14)13-5-6-15(30-13)31(27,28)24-18(17(25)26)11-7-9-3-1-2-4-10(9)16(11)18/h1-6,8,11,16,24H,7H2,(H,25,26)/t11-,16+,18+/m0/s1. The molecule has 31 heavy (non-hydrogen) atoms. The normalized spacial score (nSPS) is 24.6. The van der Waals surface area contributed by atoms with E-state index in [2.05, 4.69) is 14.4 Å². The number of alkyl halides is 3. The van der Waals surface area contributed by atoms with Crippen LogP contribution in [0.4, 0.5) is 13.2 Å². The Kier molecular flexibility index (Phi) is 4.18. The van der Waals surface area contributed by atoms with Crippen LogP contribution in [-0.2, 0) is 27.4 Å². The molecule has 2 aliphatic rings. The van der Waals surface area contributed by atoms with Crippen molar-refractivity contribution in [3.63, 3.8) is 0 Å². The number of rotatable bonds is 5. The molecular formula is C19H13F3N2O5S2. The minimum Gasteiger partial charge on any atom is -0.480 e. The zero-order valence-electron chi connectivity index (χ0n) is 15.4. The molecule has 1 fully saturated rings. The van der Waals surface area contributed by atoms with Gasteiger partial charge in [0.15, 0.2) is 0 Å². The topological polar surface area (TPSA) is 110 Å². The van der Waals surface area contributed by atoms with Crippen molar-refractivity contribution in [2.45, 2.75) is 28.3 Å². The molecule has 2 aliphatic carbocycles. The van der Waals surface area contributed by atoms with E-state index in [4.69, 9.17) is 0 Å². The molecule has 2 N–H and O–H groups in total. The number of fused-ring (bicyclic) bond motifs is 3. The number of nitrogens with one attached hydrogen (secondary N) is 1. The molecule has 3 atom stereocenters. The van der Waals surface area contributed by atoms with Crippen molar-refractivity contribution in [2.24, 2.45) is 5.92 Å². The Morgan fingerprint density at radius 3 is 2.68 bits per heavy atom. The smallest absolute Gasteiger partial charge is 0.452 e. The van der Waals surface area contributed by atoms with Crippen LogP contribution in [0, 0.1) is 5.92 Å². The van der Waals surface area contributed by atoms with E-state index < -0.39 is 45.3 Å². The number of hydrogen-bond donors (Lipinski definition) is 2. The van der Waals surface area contributed by atoms with E-state index in [1.807, 2.05) is 12.1 Å². The second-order valence-corrected chi connectivity index (χ2v) is 10.5. The Labute approximate surface area is 177 Å². The third kappa shape index (κ3) is 3.00. The number of benzene rings is 1. The summed E-state index contributed by atoms with van der Waals surface area (Å²) in [5, 5.41) is 13.2. The molecule has 2 aromatic heterocycles. The predicted octanol–water partition coefficient (Wildman–Crippen LogP) is 3.49. The summed E-state index contributed by atoms with van der Waals surface area (Å²) in [4.78, 5) is 12.2. The van der Waals surface area contributed by atoms with E-state index in [1.165, 1.54) is 12.1 Å². The first kappa shape index (κ1) is 20.2. The molecule has 7 nitrogen and oxygen atoms in total. The molecule has 162 valence electrons. The minimum absolute atomic E-state index is 0.144. The summed E-state index contributed by atoms with van der Waals surface area (Å²) >= 11 is 0.678. The van der Waals surface area contributed by atoms with Crippen LogP contribution < -0.4 is 4.72 Å². The SMILES string of the molecule is O=C(O)[C@]1(NS(=O)(=O)c2ccc(-c3cc(C(F)(F)F)on3)s2)[C@@H]2c3ccccc3C[C@@H]21. The summed E-state index contributed by atoms with van der Waals surface area (Å²) in [6, 6.07) is 10.5. The number of aliphatic carboxylic acids is 1. The Morgan fingerprint density at radius 1 is 1.26 bits per heavy atom. The lowest BCUT2D eigenvalue weighted by Crippen LogP contribution is -2.46. The number of aromatic nitrogens is 1. The van der Waals surface area contributed by atoms with Gasteiger partial charge in [-0.25, -0.2) is 8.42 Å². The van der Waals surface area contributed by atoms with Crippen molar-refractivity contribution < 1.29 is 36.0 Å². The van der Waals surface area contributed by atoms with E-state index in [9.17, 15) is 31.5 Å². The molecule has 0 amide bonds. The summed E-state index contributed by atoms with van der Waals surface area (Å²) < 4.78 is 70.4. The number of nitrogens with zero attached hydrogens (tertiary/aromatic N) is 1. The van der Waals surface area contributed by atoms with Gasteiger partial charge in [-0.05, 0) is 29.7 Å². The maximum atomic E-state index is 13.0. The summed E-state index contributed by atoms with van der Waals surface area (Å²) in [5.74, 6) is -3.43. The van der Waals surface area contributed by atoms with Crippen molar-refractivity contribution in [3.05, 3.63) is 59.4 Å². The third-order valence-electron chi connectivity index (χ3n) is 5.74. The molecule has 0 aliphatic heterocycles. The summed E-state index contributed by atoms with van der Waals surface area (Å²) in [5.41, 5.74) is 0.00322. The van der Waals surface area contributed by atoms with Crippen LogP contribution in [0.15, 0.2) is 51.2 Å². The van der Waals surface area contributed by atoms with E-state index >= 15 is 0 Å². The Morgan fingerprint density at radius 2 is 2.00 bits per heavy atom. The number of sulfonamides is 1. The van der Waals surface area contributed by atoms with Crippen LogP contribution >= 0.6 is 11.3 Å². The van der Waals surface area contributed by atoms with E-state index in [0.29, 0.717) is 23.8 Å². The summed E-state index contributed by atoms with van der Waals surface area (Å²) in [6.45, 7) is 0. The molecule has 5 rings (SSSR count). The van der Waals surface area contributed by atoms with E-state index in [-0.39, 0.29) is 14.8 Å². The Hall–Kier alpha value is -2.70. The highest BCUT2D eigenvalue weighted by Gasteiger charge is 2.74. The van der Waals surface area contributed by atoms with Gasteiger partial charge in [0.25, 0.3) is 10.0 Å². The van der Waals surface area contributed by atoms with Crippen LogP contribution in [0.2, 0.25) is 0 Å². The van der Waals surface area contributed by atoms with Gasteiger partial charge < -0.3 is 9.63 Å². The first-order valence-corrected chi connectivity index (χ1v) is 11.3. The molecule has 1 aromatic carbocycles. The quantitative estimate of drug-likeness (QED) is 0.591. The van der Waals surface area contributed by atoms with Gasteiger partial charge in [0.1, 0.15) is 15.4 Å². The van der Waals surface area contributed by atoms with Gasteiger partial charge >= 0.3 is 12.1 Å². The number of hydrogen-bond acceptors (Lipinski definition) is 6. The summed E-state index contributed by atoms with van der Waals surface area (Å²) in [6.07, 6.45) is -4.27. The maximum absolute atomic E-state index is 13.0. The second-order valence-electron chi connectivity index (χ2n) is 7.46. The molecular weight excluding hydrogens is 457 g/mol. The lowest BCUT2D eigenvalue weighted by atomic mass is 9.99. The lowest BCUT2D eigenvalue weighted by Gasteiger charge is -2.19. The second kappa shape index (κ2) is 6.40. The van der Waals surface area contributed by atoms with Crippen molar-refractivity contribution in [2.75, 3.05) is 0 Å². The predicted molar refractivity (Wildman–Crippen MR) is 102 cm³/mol. The average Bonchev–Trinajstić information content (AvgIpc) is 3.22. The average molecular weight is 470 g/mol. The van der Waals surface area contributed by atoms with Gasteiger partial charge in [-0.15, -0.1) is 11.3 Å². The molecule has 0 saturated heterocycles. The van der Waals surface area contributed by atoms with Gasteiger partial charge in [-0.2, -0.15) is 17.9 Å². The molecule has 0 unspecified atom stereocenters. The lowest BCUT2D eigenvalue weighted by molar-refractivity contribution is -0.155. The highest BCUT2D eigenvalue weighted by Crippen LogP contribution is 2.64. The van der Waals surface area contributed by atoms with E-state index in [1.54, 1.807) is 12.1 Å². The van der Waals surface area contributed by atoms with Crippen LogP contribution in [0.5, 0.6) is 0 Å². The first-order chi connectivity index (χ1) is 14.5. The van der Waals surface area contributed by atoms with Gasteiger partial charge in [-0.1, -0.05) is 29.4 Å². The summed E-state index contributed by atoms with van der Waals surface area (Å²) in [7, 11) is -4.25. The van der Waals surface area contributed by atoms with Crippen molar-refractivity contribution in [1.29, 1.82) is 0 Å². The van der Waals surface area contributed by atoms with Crippen LogP contribution in [0.1, 0.15) is 22.8 Å². The third-order valence-corrected chi connectivity index (χ3v) is 8.83. The van der Waals surface area contributed by atoms with E-state index in [0.717, 1.165) is 11.1 Å². The van der Waals surface area contributed by atoms with Gasteiger partial charge in [0.2, 0.25) is 5.76 Å². The molecule has 3 aromatic rings. The van der Waals surface area contributed by atoms with Crippen molar-refractivity contribution in [3.8, 4) is 10.6 Å². The molecule has 0 bridgehead atoms. The number of carboxylic acids is 1. The number of thiophene rings is 1. The van der Waals surface area contributed by atoms with Crippen LogP contribution in [0.25, 0.3) is 10.6 Å². The zero-order chi connectivity index (χ0) is 22.2. The number of carboxylic acid groups (broad SMARTS) is 1. The number of carbonyl (C=O) groups is 1. The Balaban J connectivity index is 1.43. The van der Waals surface area contributed by atoms with Crippen LogP contribution in [-0.4, -0.2) is 30.2 Å². The van der Waals surface area contributed by atoms with Crippen molar-refractivity contribution in [1.82, 2.24) is 9.88 Å². The molecule has 1 saturated carbocycles. The minimum atomic E-state index is -4.72.